The first kappa shape index (κ1) is 31.1. The molecule has 0 saturated carbocycles. The number of hydrogen-bond acceptors (Lipinski definition) is 6. The third kappa shape index (κ3) is 7.23. The molecule has 0 spiro atoms. The highest BCUT2D eigenvalue weighted by Crippen LogP contribution is 2.39. The predicted molar refractivity (Wildman–Crippen MR) is 152 cm³/mol. The molecule has 0 N–H and O–H groups in total. The van der Waals surface area contributed by atoms with Gasteiger partial charge >= 0.3 is 0 Å². The Morgan fingerprint density at radius 3 is 2.26 bits per heavy atom. The SMILES string of the molecule is C/C=C/c1c(C)ccc(Oc2ccnc3cc(OC(C)CC(C)(C)C(OC)OC)c(OC)cc23)c1F.CC. The van der Waals surface area contributed by atoms with E-state index in [1.807, 2.05) is 46.8 Å². The van der Waals surface area contributed by atoms with Gasteiger partial charge in [-0.2, -0.15) is 0 Å². The van der Waals surface area contributed by atoms with Crippen LogP contribution in [0.2, 0.25) is 0 Å². The Morgan fingerprint density at radius 2 is 1.66 bits per heavy atom. The summed E-state index contributed by atoms with van der Waals surface area (Å²) in [4.78, 5) is 4.48. The Balaban J connectivity index is 0.00000247. The fourth-order valence-corrected chi connectivity index (χ4v) is 4.54. The Hall–Kier alpha value is -3.16. The van der Waals surface area contributed by atoms with Gasteiger partial charge in [-0.25, -0.2) is 4.39 Å². The van der Waals surface area contributed by atoms with Gasteiger partial charge in [0.05, 0.1) is 18.7 Å². The van der Waals surface area contributed by atoms with E-state index in [4.69, 9.17) is 23.7 Å². The molecule has 3 rings (SSSR count). The molecule has 1 atom stereocenters. The number of ether oxygens (including phenoxy) is 5. The number of nitrogens with zero attached hydrogens (tertiary/aromatic N) is 1. The van der Waals surface area contributed by atoms with Crippen molar-refractivity contribution in [3.05, 3.63) is 59.5 Å². The third-order valence-corrected chi connectivity index (χ3v) is 6.11. The van der Waals surface area contributed by atoms with E-state index in [0.717, 1.165) is 5.56 Å². The van der Waals surface area contributed by atoms with Crippen molar-refractivity contribution in [1.82, 2.24) is 4.98 Å². The third-order valence-electron chi connectivity index (χ3n) is 6.11. The standard InChI is InChI=1S/C29H36FNO5.C2H6/c1-9-10-20-18(2)11-12-24(27(20)30)36-23-13-14-31-22-16-26(25(32-6)15-21(22)23)35-19(3)17-29(4,5)28(33-7)34-8;1-2/h9-16,19,28H,17H2,1-8H3;1-2H3/b10-9+;. The number of allylic oxidation sites excluding steroid dienone is 1. The summed E-state index contributed by atoms with van der Waals surface area (Å²) in [6.45, 7) is 13.8. The van der Waals surface area contributed by atoms with Gasteiger partial charge in [0.15, 0.2) is 29.4 Å². The van der Waals surface area contributed by atoms with Gasteiger partial charge in [-0.3, -0.25) is 4.98 Å². The van der Waals surface area contributed by atoms with Crippen LogP contribution in [-0.4, -0.2) is 38.7 Å². The zero-order valence-electron chi connectivity index (χ0n) is 24.3. The van der Waals surface area contributed by atoms with Crippen LogP contribution in [0.3, 0.4) is 0 Å². The van der Waals surface area contributed by atoms with Crippen LogP contribution in [0.5, 0.6) is 23.0 Å². The highest BCUT2D eigenvalue weighted by molar-refractivity contribution is 5.88. The van der Waals surface area contributed by atoms with E-state index >= 15 is 4.39 Å². The summed E-state index contributed by atoms with van der Waals surface area (Å²) in [6, 6.07) is 8.79. The highest BCUT2D eigenvalue weighted by Gasteiger charge is 2.32. The smallest absolute Gasteiger partial charge is 0.173 e. The summed E-state index contributed by atoms with van der Waals surface area (Å²) in [6.07, 6.45) is 5.32. The van der Waals surface area contributed by atoms with E-state index < -0.39 is 5.82 Å². The van der Waals surface area contributed by atoms with Crippen LogP contribution in [0.15, 0.2) is 42.6 Å². The number of aromatic nitrogens is 1. The Kier molecular flexibility index (Phi) is 11.5. The van der Waals surface area contributed by atoms with Crippen LogP contribution in [0, 0.1) is 18.2 Å². The minimum absolute atomic E-state index is 0.141. The molecule has 0 saturated heterocycles. The fourth-order valence-electron chi connectivity index (χ4n) is 4.54. The Morgan fingerprint density at radius 1 is 0.974 bits per heavy atom. The van der Waals surface area contributed by atoms with Crippen molar-refractivity contribution in [2.24, 2.45) is 5.41 Å². The predicted octanol–water partition coefficient (Wildman–Crippen LogP) is 8.35. The lowest BCUT2D eigenvalue weighted by Gasteiger charge is -2.34. The summed E-state index contributed by atoms with van der Waals surface area (Å²) in [7, 11) is 4.83. The van der Waals surface area contributed by atoms with Crippen LogP contribution in [-0.2, 0) is 9.47 Å². The number of benzene rings is 2. The van der Waals surface area contributed by atoms with E-state index in [-0.39, 0.29) is 23.6 Å². The van der Waals surface area contributed by atoms with E-state index in [9.17, 15) is 0 Å². The van der Waals surface area contributed by atoms with Crippen LogP contribution >= 0.6 is 0 Å². The monoisotopic (exact) mass is 527 g/mol. The maximum Gasteiger partial charge on any atom is 0.173 e. The van der Waals surface area contributed by atoms with E-state index in [2.05, 4.69) is 18.8 Å². The quantitative estimate of drug-likeness (QED) is 0.234. The molecule has 0 bridgehead atoms. The minimum Gasteiger partial charge on any atom is -0.493 e. The molecule has 1 aromatic heterocycles. The average Bonchev–Trinajstić information content (AvgIpc) is 2.89. The van der Waals surface area contributed by atoms with E-state index in [0.29, 0.717) is 40.1 Å². The van der Waals surface area contributed by atoms with Crippen LogP contribution in [0.25, 0.3) is 17.0 Å². The van der Waals surface area contributed by atoms with Gasteiger partial charge < -0.3 is 23.7 Å². The van der Waals surface area contributed by atoms with Crippen molar-refractivity contribution < 1.29 is 28.1 Å². The second-order valence-corrected chi connectivity index (χ2v) is 9.46. The number of methoxy groups -OCH3 is 3. The average molecular weight is 528 g/mol. The molecule has 0 amide bonds. The second-order valence-electron chi connectivity index (χ2n) is 9.46. The van der Waals surface area contributed by atoms with E-state index in [1.54, 1.807) is 57.9 Å². The summed E-state index contributed by atoms with van der Waals surface area (Å²) >= 11 is 0. The molecule has 0 fully saturated rings. The normalized spacial score (nSPS) is 12.4. The minimum atomic E-state index is -0.410. The van der Waals surface area contributed by atoms with Crippen molar-refractivity contribution in [3.63, 3.8) is 0 Å². The first-order valence-corrected chi connectivity index (χ1v) is 12.9. The van der Waals surface area contributed by atoms with Gasteiger partial charge in [-0.15, -0.1) is 0 Å². The Bertz CT molecular complexity index is 1220. The fraction of sp³-hybridized carbons (Fsp3) is 0.452. The molecule has 208 valence electrons. The first-order valence-electron chi connectivity index (χ1n) is 12.9. The number of fused-ring (bicyclic) bond motifs is 1. The van der Waals surface area contributed by atoms with Gasteiger partial charge in [0.25, 0.3) is 0 Å². The molecule has 3 aromatic rings. The molecule has 7 heteroatoms. The van der Waals surface area contributed by atoms with Crippen molar-refractivity contribution in [2.45, 2.75) is 67.3 Å². The molecule has 6 nitrogen and oxygen atoms in total. The lowest BCUT2D eigenvalue weighted by Crippen LogP contribution is -2.36. The molecule has 1 heterocycles. The number of hydrogen-bond donors (Lipinski definition) is 0. The molecule has 2 aromatic carbocycles. The maximum absolute atomic E-state index is 15.1. The summed E-state index contributed by atoms with van der Waals surface area (Å²) in [5.74, 6) is 1.28. The van der Waals surface area contributed by atoms with Gasteiger partial charge in [-0.1, -0.05) is 45.9 Å². The zero-order chi connectivity index (χ0) is 28.5. The largest absolute Gasteiger partial charge is 0.493 e. The topological polar surface area (TPSA) is 59.0 Å². The molecule has 38 heavy (non-hydrogen) atoms. The van der Waals surface area contributed by atoms with Gasteiger partial charge in [0.2, 0.25) is 0 Å². The number of rotatable bonds is 11. The maximum atomic E-state index is 15.1. The second kappa shape index (κ2) is 14.1. The van der Waals surface area contributed by atoms with Crippen molar-refractivity contribution in [2.75, 3.05) is 21.3 Å². The molecular formula is C31H42FNO5. The molecular weight excluding hydrogens is 485 g/mol. The molecule has 0 aliphatic heterocycles. The van der Waals surface area contributed by atoms with E-state index in [1.165, 1.54) is 0 Å². The van der Waals surface area contributed by atoms with Gasteiger partial charge in [0, 0.05) is 42.8 Å². The van der Waals surface area contributed by atoms with Crippen molar-refractivity contribution >= 4 is 17.0 Å². The lowest BCUT2D eigenvalue weighted by atomic mass is 9.86. The number of halogens is 1. The van der Waals surface area contributed by atoms with Crippen LogP contribution in [0.4, 0.5) is 4.39 Å². The number of aryl methyl sites for hydroxylation is 1. The first-order chi connectivity index (χ1) is 18.1. The van der Waals surface area contributed by atoms with Crippen molar-refractivity contribution in [1.29, 1.82) is 0 Å². The van der Waals surface area contributed by atoms with Crippen molar-refractivity contribution in [3.8, 4) is 23.0 Å². The molecule has 1 unspecified atom stereocenters. The highest BCUT2D eigenvalue weighted by atomic mass is 19.1. The zero-order valence-corrected chi connectivity index (χ0v) is 24.3. The summed E-state index contributed by atoms with van der Waals surface area (Å²) in [5, 5.41) is 0.682. The molecule has 0 aliphatic rings. The summed E-state index contributed by atoms with van der Waals surface area (Å²) < 4.78 is 44.0. The Labute approximate surface area is 226 Å². The van der Waals surface area contributed by atoms with Crippen LogP contribution < -0.4 is 14.2 Å². The van der Waals surface area contributed by atoms with Crippen LogP contribution in [0.1, 0.15) is 59.1 Å². The number of pyridine rings is 1. The summed E-state index contributed by atoms with van der Waals surface area (Å²) in [5.41, 5.74) is 1.70. The lowest BCUT2D eigenvalue weighted by molar-refractivity contribution is -0.174. The van der Waals surface area contributed by atoms with Gasteiger partial charge in [0.1, 0.15) is 5.75 Å². The molecule has 0 aliphatic carbocycles. The van der Waals surface area contributed by atoms with Gasteiger partial charge in [-0.05, 0) is 51.0 Å². The molecule has 0 radical (unpaired) electrons.